The molecular formula is C21H20N2O4. The van der Waals surface area contributed by atoms with Crippen molar-refractivity contribution in [3.8, 4) is 17.2 Å². The third-order valence-electron chi connectivity index (χ3n) is 4.54. The Morgan fingerprint density at radius 3 is 2.78 bits per heavy atom. The summed E-state index contributed by atoms with van der Waals surface area (Å²) in [6.07, 6.45) is 0. The van der Waals surface area contributed by atoms with Crippen LogP contribution in [0.2, 0.25) is 0 Å². The number of hydrogen-bond acceptors (Lipinski definition) is 4. The molecule has 0 spiro atoms. The molecule has 0 bridgehead atoms. The van der Waals surface area contributed by atoms with Gasteiger partial charge in [0.05, 0.1) is 0 Å². The van der Waals surface area contributed by atoms with Gasteiger partial charge in [0.25, 0.3) is 5.91 Å². The Balaban J connectivity index is 1.41. The summed E-state index contributed by atoms with van der Waals surface area (Å²) in [4.78, 5) is 12.5. The molecule has 1 aliphatic heterocycles. The van der Waals surface area contributed by atoms with E-state index in [-0.39, 0.29) is 12.7 Å². The van der Waals surface area contributed by atoms with Crippen LogP contribution in [0.3, 0.4) is 0 Å². The van der Waals surface area contributed by atoms with Crippen molar-refractivity contribution in [2.75, 3.05) is 12.1 Å². The highest BCUT2D eigenvalue weighted by Gasteiger charge is 2.14. The van der Waals surface area contributed by atoms with Gasteiger partial charge in [-0.3, -0.25) is 4.79 Å². The van der Waals surface area contributed by atoms with Gasteiger partial charge < -0.3 is 24.1 Å². The number of anilines is 1. The molecule has 4 rings (SSSR count). The number of carbonyl (C=O) groups is 1. The average Bonchev–Trinajstić information content (AvgIpc) is 3.27. The van der Waals surface area contributed by atoms with Gasteiger partial charge in [0.1, 0.15) is 18.1 Å². The van der Waals surface area contributed by atoms with Gasteiger partial charge in [0.2, 0.25) is 6.79 Å². The fourth-order valence-electron chi connectivity index (χ4n) is 2.91. The smallest absolute Gasteiger partial charge is 0.272 e. The Morgan fingerprint density at radius 1 is 1.11 bits per heavy atom. The molecule has 0 aliphatic carbocycles. The molecule has 6 nitrogen and oxygen atoms in total. The van der Waals surface area contributed by atoms with Gasteiger partial charge in [-0.05, 0) is 48.9 Å². The van der Waals surface area contributed by atoms with Crippen molar-refractivity contribution in [1.82, 2.24) is 4.57 Å². The lowest BCUT2D eigenvalue weighted by Gasteiger charge is -2.10. The maximum Gasteiger partial charge on any atom is 0.272 e. The number of carbonyl (C=O) groups excluding carboxylic acids is 1. The molecule has 1 aromatic heterocycles. The van der Waals surface area contributed by atoms with Crippen molar-refractivity contribution in [1.29, 1.82) is 0 Å². The highest BCUT2D eigenvalue weighted by molar-refractivity contribution is 6.03. The molecular weight excluding hydrogens is 344 g/mol. The first-order chi connectivity index (χ1) is 13.1. The van der Waals surface area contributed by atoms with Crippen molar-refractivity contribution in [2.45, 2.75) is 13.5 Å². The number of nitrogens with one attached hydrogen (secondary N) is 1. The highest BCUT2D eigenvalue weighted by Crippen LogP contribution is 2.35. The molecule has 0 fully saturated rings. The number of amides is 1. The van der Waals surface area contributed by atoms with Crippen molar-refractivity contribution in [2.24, 2.45) is 7.05 Å². The predicted octanol–water partition coefficient (Wildman–Crippen LogP) is 3.89. The lowest BCUT2D eigenvalue weighted by Crippen LogP contribution is -2.16. The van der Waals surface area contributed by atoms with E-state index in [1.165, 1.54) is 0 Å². The van der Waals surface area contributed by atoms with Crippen molar-refractivity contribution < 1.29 is 19.0 Å². The van der Waals surface area contributed by atoms with Crippen LogP contribution in [0.25, 0.3) is 0 Å². The average molecular weight is 364 g/mol. The second kappa shape index (κ2) is 7.07. The summed E-state index contributed by atoms with van der Waals surface area (Å²) in [5.41, 5.74) is 3.33. The summed E-state index contributed by atoms with van der Waals surface area (Å²) >= 11 is 0. The monoisotopic (exact) mass is 364 g/mol. The second-order valence-corrected chi connectivity index (χ2v) is 6.38. The molecule has 1 aliphatic rings. The lowest BCUT2D eigenvalue weighted by atomic mass is 10.2. The van der Waals surface area contributed by atoms with E-state index in [0.717, 1.165) is 22.7 Å². The van der Waals surface area contributed by atoms with Crippen LogP contribution in [-0.4, -0.2) is 17.3 Å². The van der Waals surface area contributed by atoms with E-state index in [1.54, 1.807) is 0 Å². The Morgan fingerprint density at radius 2 is 1.96 bits per heavy atom. The molecule has 0 unspecified atom stereocenters. The summed E-state index contributed by atoms with van der Waals surface area (Å²) in [5, 5.41) is 2.93. The zero-order valence-corrected chi connectivity index (χ0v) is 15.2. The number of ether oxygens (including phenoxy) is 3. The highest BCUT2D eigenvalue weighted by atomic mass is 16.7. The number of hydrogen-bond donors (Lipinski definition) is 1. The van der Waals surface area contributed by atoms with Crippen LogP contribution in [-0.2, 0) is 13.7 Å². The number of fused-ring (bicyclic) bond motifs is 1. The molecule has 3 aromatic rings. The molecule has 138 valence electrons. The summed E-state index contributed by atoms with van der Waals surface area (Å²) in [6.45, 7) is 2.58. The molecule has 0 radical (unpaired) electrons. The second-order valence-electron chi connectivity index (χ2n) is 6.38. The Kier molecular flexibility index (Phi) is 4.46. The fraction of sp³-hybridized carbons (Fsp3) is 0.190. The SMILES string of the molecule is Cc1ccc(C(=O)Nc2cccc(COc3ccc4c(c3)OCO4)c2)n1C. The number of nitrogens with zero attached hydrogens (tertiary/aromatic N) is 1. The van der Waals surface area contributed by atoms with E-state index in [2.05, 4.69) is 5.32 Å². The summed E-state index contributed by atoms with van der Waals surface area (Å²) < 4.78 is 18.3. The first kappa shape index (κ1) is 17.0. The van der Waals surface area contributed by atoms with Crippen LogP contribution in [0.1, 0.15) is 21.7 Å². The lowest BCUT2D eigenvalue weighted by molar-refractivity contribution is 0.101. The van der Waals surface area contributed by atoms with Crippen LogP contribution in [0.5, 0.6) is 17.2 Å². The maximum atomic E-state index is 12.5. The van der Waals surface area contributed by atoms with Crippen LogP contribution < -0.4 is 19.5 Å². The maximum absolute atomic E-state index is 12.5. The van der Waals surface area contributed by atoms with Gasteiger partial charge in [0.15, 0.2) is 11.5 Å². The normalized spacial score (nSPS) is 12.1. The minimum Gasteiger partial charge on any atom is -0.489 e. The minimum atomic E-state index is -0.139. The van der Waals surface area contributed by atoms with Gasteiger partial charge in [0, 0.05) is 24.5 Å². The first-order valence-corrected chi connectivity index (χ1v) is 8.65. The quantitative estimate of drug-likeness (QED) is 0.746. The van der Waals surface area contributed by atoms with Gasteiger partial charge in [-0.15, -0.1) is 0 Å². The Labute approximate surface area is 157 Å². The molecule has 2 heterocycles. The van der Waals surface area contributed by atoms with Gasteiger partial charge in [-0.2, -0.15) is 0 Å². The fourth-order valence-corrected chi connectivity index (χ4v) is 2.91. The molecule has 2 aromatic carbocycles. The number of rotatable bonds is 5. The summed E-state index contributed by atoms with van der Waals surface area (Å²) in [7, 11) is 1.87. The standard InChI is InChI=1S/C21H20N2O4/c1-14-6-8-18(23(14)2)21(24)22-16-5-3-4-15(10-16)12-25-17-7-9-19-20(11-17)27-13-26-19/h3-11H,12-13H2,1-2H3,(H,22,24). The Hall–Kier alpha value is -3.41. The van der Waals surface area contributed by atoms with Crippen molar-refractivity contribution >= 4 is 11.6 Å². The van der Waals surface area contributed by atoms with Gasteiger partial charge in [-0.25, -0.2) is 0 Å². The summed E-state index contributed by atoms with van der Waals surface area (Å²) in [5.74, 6) is 1.97. The number of benzene rings is 2. The van der Waals surface area contributed by atoms with Crippen molar-refractivity contribution in [3.63, 3.8) is 0 Å². The summed E-state index contributed by atoms with van der Waals surface area (Å²) in [6, 6.07) is 16.8. The van der Waals surface area contributed by atoms with E-state index in [1.807, 2.05) is 73.1 Å². The minimum absolute atomic E-state index is 0.139. The third kappa shape index (κ3) is 3.60. The van der Waals surface area contributed by atoms with E-state index in [0.29, 0.717) is 23.8 Å². The van der Waals surface area contributed by atoms with Gasteiger partial charge >= 0.3 is 0 Å². The molecule has 27 heavy (non-hydrogen) atoms. The van der Waals surface area contributed by atoms with E-state index in [9.17, 15) is 4.79 Å². The molecule has 0 atom stereocenters. The molecule has 0 saturated carbocycles. The zero-order chi connectivity index (χ0) is 18.8. The molecule has 1 N–H and O–H groups in total. The van der Waals surface area contributed by atoms with Crippen LogP contribution in [0, 0.1) is 6.92 Å². The Bertz CT molecular complexity index is 994. The molecule has 6 heteroatoms. The first-order valence-electron chi connectivity index (χ1n) is 8.65. The van der Waals surface area contributed by atoms with Crippen LogP contribution in [0.15, 0.2) is 54.6 Å². The molecule has 0 saturated heterocycles. The number of aromatic nitrogens is 1. The zero-order valence-electron chi connectivity index (χ0n) is 15.2. The molecule has 1 amide bonds. The third-order valence-corrected chi connectivity index (χ3v) is 4.54. The van der Waals surface area contributed by atoms with Crippen molar-refractivity contribution in [3.05, 3.63) is 71.5 Å². The van der Waals surface area contributed by atoms with Crippen LogP contribution in [0.4, 0.5) is 5.69 Å². The van der Waals surface area contributed by atoms with E-state index >= 15 is 0 Å². The van der Waals surface area contributed by atoms with E-state index < -0.39 is 0 Å². The largest absolute Gasteiger partial charge is 0.489 e. The van der Waals surface area contributed by atoms with Crippen LogP contribution >= 0.6 is 0 Å². The van der Waals surface area contributed by atoms with Gasteiger partial charge in [-0.1, -0.05) is 12.1 Å². The van der Waals surface area contributed by atoms with E-state index in [4.69, 9.17) is 14.2 Å². The number of aryl methyl sites for hydroxylation is 1. The predicted molar refractivity (Wildman–Crippen MR) is 101 cm³/mol. The topological polar surface area (TPSA) is 61.7 Å².